The molecule has 1 saturated carbocycles. The van der Waals surface area contributed by atoms with Gasteiger partial charge in [0.15, 0.2) is 11.6 Å². The third-order valence-electron chi connectivity index (χ3n) is 2.81. The number of rotatable bonds is 0. The fourth-order valence-electron chi connectivity index (χ4n) is 1.68. The van der Waals surface area contributed by atoms with E-state index >= 15 is 0 Å². The number of hydrogen-bond acceptors (Lipinski definition) is 1. The molecule has 1 fully saturated rings. The van der Waals surface area contributed by atoms with Crippen LogP contribution in [0.4, 0.5) is 8.78 Å². The molecule has 90 valence electrons. The zero-order chi connectivity index (χ0) is 12.0. The quantitative estimate of drug-likeness (QED) is 0.720. The Morgan fingerprint density at radius 3 is 1.75 bits per heavy atom. The second-order valence-corrected chi connectivity index (χ2v) is 4.33. The fourth-order valence-corrected chi connectivity index (χ4v) is 1.68. The maximum atomic E-state index is 11.9. The minimum atomic E-state index is -0.799. The molecule has 0 atom stereocenters. The van der Waals surface area contributed by atoms with Gasteiger partial charge in [-0.05, 0) is 43.7 Å². The molecular weight excluding hydrogens is 210 g/mol. The molecule has 1 aliphatic carbocycles. The van der Waals surface area contributed by atoms with Gasteiger partial charge >= 0.3 is 0 Å². The largest absolute Gasteiger partial charge is 0.393 e. The molecule has 0 saturated heterocycles. The number of benzene rings is 1. The van der Waals surface area contributed by atoms with Crippen LogP contribution in [0.1, 0.15) is 32.6 Å². The monoisotopic (exact) mass is 228 g/mol. The topological polar surface area (TPSA) is 20.2 Å². The van der Waals surface area contributed by atoms with Crippen LogP contribution in [0.15, 0.2) is 24.3 Å². The van der Waals surface area contributed by atoms with Gasteiger partial charge in [0.05, 0.1) is 6.10 Å². The third kappa shape index (κ3) is 4.71. The first kappa shape index (κ1) is 13.1. The smallest absolute Gasteiger partial charge is 0.158 e. The van der Waals surface area contributed by atoms with E-state index in [0.29, 0.717) is 0 Å². The standard InChI is InChI=1S/C7H14O.C6H4F2/c1-6-2-4-7(8)5-3-6;7-5-3-1-2-4-6(5)8/h6-8H,2-5H2,1H3;1-4H. The van der Waals surface area contributed by atoms with Crippen LogP contribution in [-0.4, -0.2) is 11.2 Å². The molecule has 0 unspecified atom stereocenters. The van der Waals surface area contributed by atoms with Gasteiger partial charge in [0.1, 0.15) is 0 Å². The molecule has 0 heterocycles. The van der Waals surface area contributed by atoms with Gasteiger partial charge in [-0.2, -0.15) is 0 Å². The van der Waals surface area contributed by atoms with E-state index in [1.165, 1.54) is 25.0 Å². The summed E-state index contributed by atoms with van der Waals surface area (Å²) in [5.74, 6) is -0.738. The van der Waals surface area contributed by atoms with Gasteiger partial charge < -0.3 is 5.11 Å². The van der Waals surface area contributed by atoms with E-state index in [-0.39, 0.29) is 6.10 Å². The van der Waals surface area contributed by atoms with Gasteiger partial charge in [-0.25, -0.2) is 8.78 Å². The van der Waals surface area contributed by atoms with Gasteiger partial charge in [-0.15, -0.1) is 0 Å². The van der Waals surface area contributed by atoms with Crippen molar-refractivity contribution in [3.63, 3.8) is 0 Å². The van der Waals surface area contributed by atoms with Crippen molar-refractivity contribution in [1.82, 2.24) is 0 Å². The summed E-state index contributed by atoms with van der Waals surface area (Å²) in [6, 6.07) is 5.04. The lowest BCUT2D eigenvalue weighted by molar-refractivity contribution is 0.112. The van der Waals surface area contributed by atoms with Gasteiger partial charge in [0.2, 0.25) is 0 Å². The maximum Gasteiger partial charge on any atom is 0.158 e. The van der Waals surface area contributed by atoms with Gasteiger partial charge in [0, 0.05) is 0 Å². The molecule has 1 nitrogen and oxygen atoms in total. The predicted octanol–water partition coefficient (Wildman–Crippen LogP) is 3.52. The minimum Gasteiger partial charge on any atom is -0.393 e. The highest BCUT2D eigenvalue weighted by Gasteiger charge is 2.14. The molecule has 1 aromatic carbocycles. The van der Waals surface area contributed by atoms with Gasteiger partial charge in [-0.1, -0.05) is 19.1 Å². The maximum absolute atomic E-state index is 11.9. The normalized spacial score (nSPS) is 24.5. The highest BCUT2D eigenvalue weighted by atomic mass is 19.2. The SMILES string of the molecule is CC1CCC(O)CC1.Fc1ccccc1F. The average molecular weight is 228 g/mol. The van der Waals surface area contributed by atoms with Gasteiger partial charge in [-0.3, -0.25) is 0 Å². The summed E-state index contributed by atoms with van der Waals surface area (Å²) in [6.07, 6.45) is 4.52. The summed E-state index contributed by atoms with van der Waals surface area (Å²) >= 11 is 0. The Balaban J connectivity index is 0.000000160. The van der Waals surface area contributed by atoms with Crippen LogP contribution in [0.5, 0.6) is 0 Å². The van der Waals surface area contributed by atoms with E-state index < -0.39 is 11.6 Å². The first-order chi connectivity index (χ1) is 7.59. The minimum absolute atomic E-state index is 0.0196. The Hall–Kier alpha value is -0.960. The first-order valence-electron chi connectivity index (χ1n) is 5.67. The lowest BCUT2D eigenvalue weighted by atomic mass is 9.89. The van der Waals surface area contributed by atoms with E-state index in [4.69, 9.17) is 5.11 Å². The van der Waals surface area contributed by atoms with Crippen LogP contribution in [0.2, 0.25) is 0 Å². The summed E-state index contributed by atoms with van der Waals surface area (Å²) in [6.45, 7) is 2.26. The van der Waals surface area contributed by atoms with Crippen molar-refractivity contribution >= 4 is 0 Å². The fraction of sp³-hybridized carbons (Fsp3) is 0.538. The zero-order valence-electron chi connectivity index (χ0n) is 9.50. The molecule has 0 aliphatic heterocycles. The molecule has 0 bridgehead atoms. The summed E-state index contributed by atoms with van der Waals surface area (Å²) in [5.41, 5.74) is 0. The molecule has 2 rings (SSSR count). The average Bonchev–Trinajstić information content (AvgIpc) is 2.28. The van der Waals surface area contributed by atoms with Crippen molar-refractivity contribution in [2.45, 2.75) is 38.7 Å². The lowest BCUT2D eigenvalue weighted by Gasteiger charge is -2.21. The van der Waals surface area contributed by atoms with Crippen LogP contribution in [0.25, 0.3) is 0 Å². The Kier molecular flexibility index (Phi) is 5.39. The Labute approximate surface area is 95.1 Å². The second-order valence-electron chi connectivity index (χ2n) is 4.33. The van der Waals surface area contributed by atoms with Crippen LogP contribution in [-0.2, 0) is 0 Å². The molecular formula is C13H18F2O. The van der Waals surface area contributed by atoms with Gasteiger partial charge in [0.25, 0.3) is 0 Å². The van der Waals surface area contributed by atoms with Crippen molar-refractivity contribution in [3.05, 3.63) is 35.9 Å². The van der Waals surface area contributed by atoms with Crippen molar-refractivity contribution in [3.8, 4) is 0 Å². The predicted molar refractivity (Wildman–Crippen MR) is 60.0 cm³/mol. The van der Waals surface area contributed by atoms with Crippen LogP contribution in [0.3, 0.4) is 0 Å². The summed E-state index contributed by atoms with van der Waals surface area (Å²) in [5, 5.41) is 9.03. The number of halogens is 2. The van der Waals surface area contributed by atoms with E-state index in [1.54, 1.807) is 0 Å². The summed E-state index contributed by atoms with van der Waals surface area (Å²) in [4.78, 5) is 0. The molecule has 1 aromatic rings. The Morgan fingerprint density at radius 1 is 1.00 bits per heavy atom. The van der Waals surface area contributed by atoms with E-state index in [1.807, 2.05) is 0 Å². The highest BCUT2D eigenvalue weighted by molar-refractivity contribution is 5.05. The number of aliphatic hydroxyl groups excluding tert-OH is 1. The molecule has 3 heteroatoms. The Morgan fingerprint density at radius 2 is 1.44 bits per heavy atom. The molecule has 0 radical (unpaired) electrons. The second kappa shape index (κ2) is 6.59. The Bertz CT molecular complexity index is 276. The molecule has 1 N–H and O–H groups in total. The van der Waals surface area contributed by atoms with Crippen molar-refractivity contribution in [2.24, 2.45) is 5.92 Å². The van der Waals surface area contributed by atoms with Crippen LogP contribution < -0.4 is 0 Å². The number of hydrogen-bond donors (Lipinski definition) is 1. The van der Waals surface area contributed by atoms with Crippen molar-refractivity contribution in [1.29, 1.82) is 0 Å². The summed E-state index contributed by atoms with van der Waals surface area (Å²) < 4.78 is 23.9. The molecule has 0 aromatic heterocycles. The van der Waals surface area contributed by atoms with Crippen molar-refractivity contribution in [2.75, 3.05) is 0 Å². The van der Waals surface area contributed by atoms with E-state index in [9.17, 15) is 8.78 Å². The molecule has 0 amide bonds. The lowest BCUT2D eigenvalue weighted by Crippen LogP contribution is -2.15. The van der Waals surface area contributed by atoms with Crippen LogP contribution in [0, 0.1) is 17.6 Å². The van der Waals surface area contributed by atoms with E-state index in [2.05, 4.69) is 6.92 Å². The highest BCUT2D eigenvalue weighted by Crippen LogP contribution is 2.22. The third-order valence-corrected chi connectivity index (χ3v) is 2.81. The first-order valence-corrected chi connectivity index (χ1v) is 5.67. The summed E-state index contributed by atoms with van der Waals surface area (Å²) in [7, 11) is 0. The van der Waals surface area contributed by atoms with Crippen molar-refractivity contribution < 1.29 is 13.9 Å². The van der Waals surface area contributed by atoms with E-state index in [0.717, 1.165) is 30.9 Å². The zero-order valence-corrected chi connectivity index (χ0v) is 9.50. The molecule has 1 aliphatic rings. The molecule has 0 spiro atoms. The number of aliphatic hydroxyl groups is 1. The molecule has 16 heavy (non-hydrogen) atoms. The van der Waals surface area contributed by atoms with Crippen LogP contribution >= 0.6 is 0 Å².